The first-order valence-electron chi connectivity index (χ1n) is 14.1. The Labute approximate surface area is 242 Å². The van der Waals surface area contributed by atoms with Gasteiger partial charge in [-0.05, 0) is 80.6 Å². The van der Waals surface area contributed by atoms with E-state index in [0.29, 0.717) is 11.3 Å². The zero-order valence-electron chi connectivity index (χ0n) is 23.8. The predicted molar refractivity (Wildman–Crippen MR) is 158 cm³/mol. The molecule has 0 heterocycles. The molecule has 3 aromatic carbocycles. The monoisotopic (exact) mass is 579 g/mol. The molecule has 0 aromatic heterocycles. The summed E-state index contributed by atoms with van der Waals surface area (Å²) in [6.45, 7) is 4.85. The molecule has 1 aliphatic rings. The first-order valence-corrected chi connectivity index (χ1v) is 15.5. The minimum atomic E-state index is -4.13. The quantitative estimate of drug-likeness (QED) is 0.344. The maximum absolute atomic E-state index is 14.1. The van der Waals surface area contributed by atoms with Crippen LogP contribution in [0.2, 0.25) is 0 Å². The van der Waals surface area contributed by atoms with Crippen LogP contribution in [0.4, 0.5) is 10.1 Å². The molecule has 0 saturated heterocycles. The van der Waals surface area contributed by atoms with Gasteiger partial charge in [0.2, 0.25) is 11.8 Å². The van der Waals surface area contributed by atoms with Gasteiger partial charge in [0, 0.05) is 12.6 Å². The highest BCUT2D eigenvalue weighted by molar-refractivity contribution is 7.92. The molecular weight excluding hydrogens is 541 g/mol. The Kier molecular flexibility index (Phi) is 9.81. The van der Waals surface area contributed by atoms with E-state index in [9.17, 15) is 22.4 Å². The van der Waals surface area contributed by atoms with Gasteiger partial charge in [-0.1, -0.05) is 61.7 Å². The average Bonchev–Trinajstić information content (AvgIpc) is 2.97. The topological polar surface area (TPSA) is 86.8 Å². The molecule has 9 heteroatoms. The van der Waals surface area contributed by atoms with Gasteiger partial charge in [0.15, 0.2) is 0 Å². The Morgan fingerprint density at radius 1 is 0.927 bits per heavy atom. The van der Waals surface area contributed by atoms with E-state index < -0.39 is 34.3 Å². The highest BCUT2D eigenvalue weighted by atomic mass is 32.2. The van der Waals surface area contributed by atoms with Crippen molar-refractivity contribution < 1.29 is 22.4 Å². The molecule has 1 fully saturated rings. The summed E-state index contributed by atoms with van der Waals surface area (Å²) in [7, 11) is -4.13. The third-order valence-corrected chi connectivity index (χ3v) is 9.61. The van der Waals surface area contributed by atoms with Crippen LogP contribution < -0.4 is 9.62 Å². The first kappa shape index (κ1) is 30.2. The number of hydrogen-bond donors (Lipinski definition) is 1. The van der Waals surface area contributed by atoms with Gasteiger partial charge < -0.3 is 10.2 Å². The average molecular weight is 580 g/mol. The summed E-state index contributed by atoms with van der Waals surface area (Å²) in [6, 6.07) is 18.2. The van der Waals surface area contributed by atoms with Gasteiger partial charge in [0.1, 0.15) is 18.4 Å². The van der Waals surface area contributed by atoms with Crippen molar-refractivity contribution in [1.82, 2.24) is 10.2 Å². The zero-order valence-corrected chi connectivity index (χ0v) is 24.7. The number of nitrogens with zero attached hydrogens (tertiary/aromatic N) is 2. The predicted octanol–water partition coefficient (Wildman–Crippen LogP) is 5.50. The van der Waals surface area contributed by atoms with Crippen LogP contribution in [0.1, 0.15) is 55.7 Å². The van der Waals surface area contributed by atoms with Crippen LogP contribution >= 0.6 is 0 Å². The third-order valence-electron chi connectivity index (χ3n) is 7.84. The van der Waals surface area contributed by atoms with Gasteiger partial charge in [-0.25, -0.2) is 12.8 Å². The molecule has 0 aliphatic heterocycles. The number of carbonyl (C=O) groups excluding carboxylic acids is 2. The molecule has 1 saturated carbocycles. The van der Waals surface area contributed by atoms with Gasteiger partial charge >= 0.3 is 0 Å². The molecule has 218 valence electrons. The highest BCUT2D eigenvalue weighted by Gasteiger charge is 2.33. The van der Waals surface area contributed by atoms with E-state index in [4.69, 9.17) is 0 Å². The minimum absolute atomic E-state index is 0.0182. The van der Waals surface area contributed by atoms with Gasteiger partial charge in [0.25, 0.3) is 10.0 Å². The third kappa shape index (κ3) is 7.33. The number of sulfonamides is 1. The van der Waals surface area contributed by atoms with Crippen molar-refractivity contribution in [2.75, 3.05) is 10.8 Å². The smallest absolute Gasteiger partial charge is 0.264 e. The highest BCUT2D eigenvalue weighted by Crippen LogP contribution is 2.29. The van der Waals surface area contributed by atoms with Crippen molar-refractivity contribution in [2.45, 2.75) is 76.4 Å². The molecule has 1 N–H and O–H groups in total. The summed E-state index contributed by atoms with van der Waals surface area (Å²) in [5.74, 6) is -1.25. The van der Waals surface area contributed by atoms with E-state index in [1.807, 2.05) is 19.9 Å². The van der Waals surface area contributed by atoms with Crippen molar-refractivity contribution in [1.29, 1.82) is 0 Å². The summed E-state index contributed by atoms with van der Waals surface area (Å²) in [5.41, 5.74) is 2.63. The van der Waals surface area contributed by atoms with Crippen LogP contribution in [-0.2, 0) is 26.2 Å². The molecule has 0 bridgehead atoms. The maximum Gasteiger partial charge on any atom is 0.264 e. The van der Waals surface area contributed by atoms with E-state index in [1.165, 1.54) is 29.2 Å². The Morgan fingerprint density at radius 3 is 2.24 bits per heavy atom. The number of rotatable bonds is 10. The Morgan fingerprint density at radius 2 is 1.59 bits per heavy atom. The number of nitrogens with one attached hydrogen (secondary N) is 1. The summed E-state index contributed by atoms with van der Waals surface area (Å²) < 4.78 is 42.7. The lowest BCUT2D eigenvalue weighted by Crippen LogP contribution is -2.53. The Hall–Kier alpha value is -3.72. The molecule has 0 radical (unpaired) electrons. The number of aryl methyl sites for hydroxylation is 1. The molecule has 1 aliphatic carbocycles. The zero-order chi connectivity index (χ0) is 29.6. The van der Waals surface area contributed by atoms with Gasteiger partial charge in [0.05, 0.1) is 10.6 Å². The van der Waals surface area contributed by atoms with E-state index in [-0.39, 0.29) is 23.4 Å². The molecular formula is C32H38FN3O4S. The van der Waals surface area contributed by atoms with Crippen LogP contribution in [-0.4, -0.2) is 43.8 Å². The normalized spacial score (nSPS) is 14.7. The molecule has 1 atom stereocenters. The summed E-state index contributed by atoms with van der Waals surface area (Å²) in [6.07, 6.45) is 5.00. The largest absolute Gasteiger partial charge is 0.352 e. The SMILES string of the molecule is Cc1cccc(N(CC(=O)N(Cc2ccc(F)cc2)[C@H](C)C(=O)NC2CCCCC2)S(=O)(=O)c2ccccc2)c1C. The van der Waals surface area contributed by atoms with E-state index in [1.54, 1.807) is 49.4 Å². The van der Waals surface area contributed by atoms with Gasteiger partial charge in [-0.15, -0.1) is 0 Å². The fourth-order valence-electron chi connectivity index (χ4n) is 5.18. The van der Waals surface area contributed by atoms with E-state index in [2.05, 4.69) is 5.32 Å². The van der Waals surface area contributed by atoms with Crippen LogP contribution in [0.25, 0.3) is 0 Å². The van der Waals surface area contributed by atoms with Gasteiger partial charge in [-0.2, -0.15) is 0 Å². The summed E-state index contributed by atoms with van der Waals surface area (Å²) >= 11 is 0. The molecule has 4 rings (SSSR count). The Bertz CT molecular complexity index is 1460. The molecule has 2 amide bonds. The number of amides is 2. The molecule has 0 unspecified atom stereocenters. The van der Waals surface area contributed by atoms with Crippen LogP contribution in [0.15, 0.2) is 77.7 Å². The van der Waals surface area contributed by atoms with Crippen molar-refractivity contribution in [3.05, 3.63) is 95.3 Å². The van der Waals surface area contributed by atoms with Crippen molar-refractivity contribution in [3.8, 4) is 0 Å². The van der Waals surface area contributed by atoms with Crippen molar-refractivity contribution >= 4 is 27.5 Å². The number of hydrogen-bond acceptors (Lipinski definition) is 4. The molecule has 0 spiro atoms. The van der Waals surface area contributed by atoms with Crippen molar-refractivity contribution in [3.63, 3.8) is 0 Å². The molecule has 41 heavy (non-hydrogen) atoms. The standard InChI is InChI=1S/C32H38FN3O4S/c1-23-11-10-16-30(24(23)2)36(41(39,40)29-14-8-5-9-15-29)22-31(37)35(21-26-17-19-27(33)20-18-26)25(3)32(38)34-28-12-6-4-7-13-28/h5,8-11,14-20,25,28H,4,6-7,12-13,21-22H2,1-3H3,(H,34,38)/t25-/m1/s1. The summed E-state index contributed by atoms with van der Waals surface area (Å²) in [4.78, 5) is 28.9. The fourth-order valence-corrected chi connectivity index (χ4v) is 6.67. The Balaban J connectivity index is 1.69. The minimum Gasteiger partial charge on any atom is -0.352 e. The molecule has 7 nitrogen and oxygen atoms in total. The fraction of sp³-hybridized carbons (Fsp3) is 0.375. The number of halogens is 1. The summed E-state index contributed by atoms with van der Waals surface area (Å²) in [5, 5.41) is 3.08. The second-order valence-electron chi connectivity index (χ2n) is 10.7. The van der Waals surface area contributed by atoms with Crippen molar-refractivity contribution in [2.24, 2.45) is 0 Å². The van der Waals surface area contributed by atoms with E-state index in [0.717, 1.165) is 47.5 Å². The van der Waals surface area contributed by atoms with Gasteiger partial charge in [-0.3, -0.25) is 13.9 Å². The lowest BCUT2D eigenvalue weighted by Gasteiger charge is -2.33. The number of benzene rings is 3. The maximum atomic E-state index is 14.1. The number of carbonyl (C=O) groups is 2. The lowest BCUT2D eigenvalue weighted by atomic mass is 9.95. The van der Waals surface area contributed by atoms with E-state index >= 15 is 0 Å². The lowest BCUT2D eigenvalue weighted by molar-refractivity contribution is -0.139. The second kappa shape index (κ2) is 13.3. The second-order valence-corrected chi connectivity index (χ2v) is 12.6. The molecule has 3 aromatic rings. The van der Waals surface area contributed by atoms with Crippen LogP contribution in [0.3, 0.4) is 0 Å². The first-order chi connectivity index (χ1) is 19.6. The number of anilines is 1. The van der Waals surface area contributed by atoms with Crippen LogP contribution in [0, 0.1) is 19.7 Å². The van der Waals surface area contributed by atoms with Crippen LogP contribution in [0.5, 0.6) is 0 Å².